The van der Waals surface area contributed by atoms with Gasteiger partial charge in [0, 0.05) is 12.3 Å². The summed E-state index contributed by atoms with van der Waals surface area (Å²) in [4.78, 5) is 0. The van der Waals surface area contributed by atoms with E-state index in [1.807, 2.05) is 12.2 Å². The highest BCUT2D eigenvalue weighted by atomic mass is 31.2. The molecule has 0 N–H and O–H groups in total. The fourth-order valence-corrected chi connectivity index (χ4v) is 2.76. The first-order valence-corrected chi connectivity index (χ1v) is 5.95. The van der Waals surface area contributed by atoms with E-state index in [1.165, 1.54) is 0 Å². The Morgan fingerprint density at radius 1 is 1.57 bits per heavy atom. The van der Waals surface area contributed by atoms with Crippen LogP contribution in [0.2, 0.25) is 0 Å². The summed E-state index contributed by atoms with van der Waals surface area (Å²) in [5.74, 6) is 0.349. The quantitative estimate of drug-likeness (QED) is 0.522. The number of fused-ring (bicyclic) bond motifs is 2. The predicted molar refractivity (Wildman–Crippen MR) is 55.7 cm³/mol. The van der Waals surface area contributed by atoms with Crippen molar-refractivity contribution >= 4 is 8.60 Å². The van der Waals surface area contributed by atoms with Crippen LogP contribution >= 0.6 is 8.60 Å². The summed E-state index contributed by atoms with van der Waals surface area (Å²) in [7, 11) is -1.14. The van der Waals surface area contributed by atoms with E-state index in [1.54, 1.807) is 0 Å². The molecule has 4 heteroatoms. The standard InChI is InChI=1S/C10H15O3P/c1-3-8(2)10-7-9-5-4-6-11-14(12-9)13-10/h3-5,8-10H,1,6-7H2,2H3/t8?,9-,10+,14?/m0/s1. The molecule has 2 aliphatic heterocycles. The van der Waals surface area contributed by atoms with Gasteiger partial charge in [-0.2, -0.15) is 0 Å². The third kappa shape index (κ3) is 2.23. The fourth-order valence-electron chi connectivity index (χ4n) is 1.51. The Balaban J connectivity index is 2.03. The molecule has 1 saturated heterocycles. The molecule has 0 aromatic carbocycles. The van der Waals surface area contributed by atoms with Gasteiger partial charge in [-0.25, -0.2) is 0 Å². The highest BCUT2D eigenvalue weighted by molar-refractivity contribution is 7.41. The zero-order valence-corrected chi connectivity index (χ0v) is 9.15. The largest absolute Gasteiger partial charge is 0.333 e. The Hall–Kier alpha value is -0.210. The van der Waals surface area contributed by atoms with Crippen molar-refractivity contribution in [2.75, 3.05) is 6.61 Å². The van der Waals surface area contributed by atoms with Crippen LogP contribution in [-0.2, 0) is 13.6 Å². The molecule has 14 heavy (non-hydrogen) atoms. The van der Waals surface area contributed by atoms with Crippen LogP contribution in [-0.4, -0.2) is 18.8 Å². The summed E-state index contributed by atoms with van der Waals surface area (Å²) in [5.41, 5.74) is 0. The SMILES string of the molecule is C=CC(C)[C@H]1C[C@@H]2C=CCOP(O2)O1. The van der Waals surface area contributed by atoms with Crippen molar-refractivity contribution in [3.05, 3.63) is 24.8 Å². The number of hydrogen-bond donors (Lipinski definition) is 0. The molecule has 2 aliphatic rings. The Morgan fingerprint density at radius 2 is 2.43 bits per heavy atom. The maximum atomic E-state index is 5.70. The van der Waals surface area contributed by atoms with Crippen LogP contribution < -0.4 is 0 Å². The van der Waals surface area contributed by atoms with Crippen LogP contribution in [0.25, 0.3) is 0 Å². The van der Waals surface area contributed by atoms with E-state index in [4.69, 9.17) is 13.6 Å². The van der Waals surface area contributed by atoms with E-state index in [-0.39, 0.29) is 12.2 Å². The summed E-state index contributed by atoms with van der Waals surface area (Å²) in [6, 6.07) is 0. The van der Waals surface area contributed by atoms with E-state index < -0.39 is 8.60 Å². The van der Waals surface area contributed by atoms with Crippen LogP contribution in [0.15, 0.2) is 24.8 Å². The molecule has 0 aromatic heterocycles. The minimum atomic E-state index is -1.14. The maximum absolute atomic E-state index is 5.70. The van der Waals surface area contributed by atoms with E-state index in [9.17, 15) is 0 Å². The molecule has 2 heterocycles. The molecule has 4 atom stereocenters. The molecule has 0 saturated carbocycles. The van der Waals surface area contributed by atoms with Gasteiger partial charge in [0.1, 0.15) is 0 Å². The third-order valence-electron chi connectivity index (χ3n) is 2.49. The molecule has 78 valence electrons. The van der Waals surface area contributed by atoms with E-state index in [2.05, 4.69) is 19.6 Å². The van der Waals surface area contributed by atoms with Crippen LogP contribution in [0.4, 0.5) is 0 Å². The van der Waals surface area contributed by atoms with Crippen LogP contribution in [0.3, 0.4) is 0 Å². The summed E-state index contributed by atoms with van der Waals surface area (Å²) in [5, 5.41) is 0. The second-order valence-electron chi connectivity index (χ2n) is 3.57. The lowest BCUT2D eigenvalue weighted by molar-refractivity contribution is 0.0267. The lowest BCUT2D eigenvalue weighted by Gasteiger charge is -2.33. The van der Waals surface area contributed by atoms with Gasteiger partial charge in [-0.05, 0) is 0 Å². The molecule has 0 spiro atoms. The minimum absolute atomic E-state index is 0.157. The van der Waals surface area contributed by atoms with E-state index >= 15 is 0 Å². The smallest absolute Gasteiger partial charge is 0.308 e. The van der Waals surface area contributed by atoms with Crippen molar-refractivity contribution < 1.29 is 13.6 Å². The Kier molecular flexibility index (Phi) is 3.34. The molecule has 2 unspecified atom stereocenters. The first-order valence-electron chi connectivity index (χ1n) is 4.85. The molecule has 2 bridgehead atoms. The van der Waals surface area contributed by atoms with Gasteiger partial charge >= 0.3 is 8.60 Å². The lowest BCUT2D eigenvalue weighted by Crippen LogP contribution is -2.29. The monoisotopic (exact) mass is 214 g/mol. The topological polar surface area (TPSA) is 27.7 Å². The summed E-state index contributed by atoms with van der Waals surface area (Å²) < 4.78 is 16.7. The molecule has 0 aromatic rings. The molecular formula is C10H15O3P. The first-order chi connectivity index (χ1) is 6.79. The summed E-state index contributed by atoms with van der Waals surface area (Å²) >= 11 is 0. The number of hydrogen-bond acceptors (Lipinski definition) is 3. The minimum Gasteiger partial charge on any atom is -0.308 e. The first kappa shape index (κ1) is 10.3. The van der Waals surface area contributed by atoms with Crippen molar-refractivity contribution in [3.8, 4) is 0 Å². The van der Waals surface area contributed by atoms with Crippen molar-refractivity contribution in [2.45, 2.75) is 25.6 Å². The van der Waals surface area contributed by atoms with Gasteiger partial charge < -0.3 is 13.6 Å². The average Bonchev–Trinajstić information content (AvgIpc) is 2.38. The van der Waals surface area contributed by atoms with Crippen molar-refractivity contribution in [1.29, 1.82) is 0 Å². The Labute approximate surface area is 85.7 Å². The highest BCUT2D eigenvalue weighted by Crippen LogP contribution is 2.50. The fraction of sp³-hybridized carbons (Fsp3) is 0.600. The molecular weight excluding hydrogens is 199 g/mol. The van der Waals surface area contributed by atoms with Crippen LogP contribution in [0, 0.1) is 5.92 Å². The van der Waals surface area contributed by atoms with Gasteiger partial charge in [-0.15, -0.1) is 6.58 Å². The number of rotatable bonds is 2. The van der Waals surface area contributed by atoms with Gasteiger partial charge in [-0.1, -0.05) is 25.2 Å². The second kappa shape index (κ2) is 4.54. The van der Waals surface area contributed by atoms with Gasteiger partial charge in [0.05, 0.1) is 18.8 Å². The maximum Gasteiger partial charge on any atom is 0.333 e. The third-order valence-corrected chi connectivity index (χ3v) is 3.74. The van der Waals surface area contributed by atoms with Gasteiger partial charge in [-0.3, -0.25) is 0 Å². The second-order valence-corrected chi connectivity index (χ2v) is 4.69. The predicted octanol–water partition coefficient (Wildman–Crippen LogP) is 2.80. The zero-order chi connectivity index (χ0) is 9.97. The van der Waals surface area contributed by atoms with Gasteiger partial charge in [0.2, 0.25) is 0 Å². The van der Waals surface area contributed by atoms with Gasteiger partial charge in [0.15, 0.2) is 0 Å². The summed E-state index contributed by atoms with van der Waals surface area (Å²) in [6.07, 6.45) is 7.21. The molecule has 2 rings (SSSR count). The van der Waals surface area contributed by atoms with Crippen molar-refractivity contribution in [3.63, 3.8) is 0 Å². The van der Waals surface area contributed by atoms with E-state index in [0.29, 0.717) is 12.5 Å². The molecule has 3 nitrogen and oxygen atoms in total. The lowest BCUT2D eigenvalue weighted by atomic mass is 9.99. The Bertz CT molecular complexity index is 242. The Morgan fingerprint density at radius 3 is 3.21 bits per heavy atom. The zero-order valence-electron chi connectivity index (χ0n) is 8.26. The van der Waals surface area contributed by atoms with Crippen molar-refractivity contribution in [1.82, 2.24) is 0 Å². The molecule has 0 radical (unpaired) electrons. The van der Waals surface area contributed by atoms with E-state index in [0.717, 1.165) is 6.42 Å². The van der Waals surface area contributed by atoms with Crippen LogP contribution in [0.1, 0.15) is 13.3 Å². The molecule has 0 aliphatic carbocycles. The van der Waals surface area contributed by atoms with Crippen molar-refractivity contribution in [2.24, 2.45) is 5.92 Å². The molecule has 0 amide bonds. The average molecular weight is 214 g/mol. The van der Waals surface area contributed by atoms with Gasteiger partial charge in [0.25, 0.3) is 0 Å². The van der Waals surface area contributed by atoms with Crippen LogP contribution in [0.5, 0.6) is 0 Å². The molecule has 1 fully saturated rings. The normalized spacial score (nSPS) is 38.8. The summed E-state index contributed by atoms with van der Waals surface area (Å²) in [6.45, 7) is 6.48. The highest BCUT2D eigenvalue weighted by Gasteiger charge is 2.34.